The third kappa shape index (κ3) is 3.74. The van der Waals surface area contributed by atoms with Crippen molar-refractivity contribution in [1.82, 2.24) is 4.90 Å². The summed E-state index contributed by atoms with van der Waals surface area (Å²) in [5.74, 6) is -0.253. The highest BCUT2D eigenvalue weighted by atomic mass is 32.1. The van der Waals surface area contributed by atoms with Crippen molar-refractivity contribution in [1.29, 1.82) is 0 Å². The summed E-state index contributed by atoms with van der Waals surface area (Å²) < 4.78 is 14.3. The Hall–Kier alpha value is -1.00. The maximum atomic E-state index is 14.3. The van der Waals surface area contributed by atoms with Gasteiger partial charge in [0.2, 0.25) is 0 Å². The number of thiocarbonyl (C=S) groups is 1. The predicted molar refractivity (Wildman–Crippen MR) is 80.6 cm³/mol. The van der Waals surface area contributed by atoms with Crippen molar-refractivity contribution in [2.45, 2.75) is 45.2 Å². The van der Waals surface area contributed by atoms with Crippen molar-refractivity contribution in [3.05, 3.63) is 35.1 Å². The number of nitrogens with two attached hydrogens (primary N) is 1. The molecule has 0 amide bonds. The fourth-order valence-electron chi connectivity index (χ4n) is 2.30. The first kappa shape index (κ1) is 14.4. The number of hydrogen-bond donors (Lipinski definition) is 1. The van der Waals surface area contributed by atoms with Crippen LogP contribution in [0.3, 0.4) is 0 Å². The lowest BCUT2D eigenvalue weighted by Gasteiger charge is -2.22. The molecule has 2 N–H and O–H groups in total. The van der Waals surface area contributed by atoms with E-state index in [1.54, 1.807) is 6.07 Å². The van der Waals surface area contributed by atoms with E-state index in [9.17, 15) is 4.39 Å². The normalized spacial score (nSPS) is 14.9. The molecule has 0 saturated heterocycles. The number of hydrogen-bond acceptors (Lipinski definition) is 2. The Bertz CT molecular complexity index is 457. The van der Waals surface area contributed by atoms with Crippen LogP contribution in [0.4, 0.5) is 4.39 Å². The van der Waals surface area contributed by atoms with E-state index in [2.05, 4.69) is 11.8 Å². The molecule has 1 aliphatic carbocycles. The van der Waals surface area contributed by atoms with Gasteiger partial charge in [-0.1, -0.05) is 37.7 Å². The molecule has 0 spiro atoms. The minimum Gasteiger partial charge on any atom is -0.389 e. The molecule has 0 bridgehead atoms. The van der Waals surface area contributed by atoms with Gasteiger partial charge in [0.05, 0.1) is 0 Å². The molecule has 0 aromatic heterocycles. The minimum atomic E-state index is -0.253. The van der Waals surface area contributed by atoms with E-state index in [1.165, 1.54) is 19.3 Å². The summed E-state index contributed by atoms with van der Waals surface area (Å²) in [7, 11) is 0. The van der Waals surface area contributed by atoms with Crippen LogP contribution in [0.5, 0.6) is 0 Å². The lowest BCUT2D eigenvalue weighted by molar-refractivity contribution is 0.247. The van der Waals surface area contributed by atoms with Crippen LogP contribution in [-0.2, 0) is 6.54 Å². The molecule has 1 aromatic carbocycles. The zero-order valence-electron chi connectivity index (χ0n) is 11.4. The smallest absolute Gasteiger partial charge is 0.137 e. The Morgan fingerprint density at radius 3 is 2.79 bits per heavy atom. The van der Waals surface area contributed by atoms with Crippen LogP contribution in [0.2, 0.25) is 0 Å². The van der Waals surface area contributed by atoms with Gasteiger partial charge in [-0.2, -0.15) is 0 Å². The van der Waals surface area contributed by atoms with Gasteiger partial charge in [-0.25, -0.2) is 4.39 Å². The zero-order valence-corrected chi connectivity index (χ0v) is 12.2. The van der Waals surface area contributed by atoms with Gasteiger partial charge in [-0.15, -0.1) is 0 Å². The quantitative estimate of drug-likeness (QED) is 0.778. The number of benzene rings is 1. The maximum absolute atomic E-state index is 14.3. The lowest BCUT2D eigenvalue weighted by atomic mass is 10.1. The summed E-state index contributed by atoms with van der Waals surface area (Å²) in [6, 6.07) is 5.95. The van der Waals surface area contributed by atoms with Crippen LogP contribution >= 0.6 is 12.2 Å². The van der Waals surface area contributed by atoms with Crippen molar-refractivity contribution in [2.24, 2.45) is 5.73 Å². The molecule has 0 aliphatic heterocycles. The summed E-state index contributed by atoms with van der Waals surface area (Å²) in [6.07, 6.45) is 4.80. The van der Waals surface area contributed by atoms with Crippen LogP contribution in [0.1, 0.15) is 43.7 Å². The lowest BCUT2D eigenvalue weighted by Crippen LogP contribution is -2.27. The summed E-state index contributed by atoms with van der Waals surface area (Å²) in [6.45, 7) is 3.88. The second-order valence-corrected chi connectivity index (χ2v) is 5.64. The standard InChI is InChI=1S/C15H21FN2S/c1-2-3-9-18(12-7-8-12)10-11-5-4-6-13(14(11)16)15(17)19/h4-6,12H,2-3,7-10H2,1H3,(H2,17,19). The van der Waals surface area contributed by atoms with Crippen LogP contribution in [-0.4, -0.2) is 22.5 Å². The molecule has 2 nitrogen and oxygen atoms in total. The molecule has 1 saturated carbocycles. The Labute approximate surface area is 119 Å². The van der Waals surface area contributed by atoms with Gasteiger partial charge in [0, 0.05) is 23.7 Å². The van der Waals surface area contributed by atoms with Gasteiger partial charge < -0.3 is 5.73 Å². The molecule has 0 radical (unpaired) electrons. The molecule has 0 heterocycles. The SMILES string of the molecule is CCCCN(Cc1cccc(C(N)=S)c1F)C1CC1. The molecule has 1 fully saturated rings. The second kappa shape index (κ2) is 6.44. The largest absolute Gasteiger partial charge is 0.389 e. The number of nitrogens with zero attached hydrogens (tertiary/aromatic N) is 1. The first-order chi connectivity index (χ1) is 9.13. The van der Waals surface area contributed by atoms with E-state index in [-0.39, 0.29) is 10.8 Å². The van der Waals surface area contributed by atoms with E-state index < -0.39 is 0 Å². The number of unbranched alkanes of at least 4 members (excludes halogenated alkanes) is 1. The molecule has 4 heteroatoms. The van der Waals surface area contributed by atoms with Gasteiger partial charge in [0.25, 0.3) is 0 Å². The van der Waals surface area contributed by atoms with E-state index in [1.807, 2.05) is 12.1 Å². The molecule has 0 atom stereocenters. The van der Waals surface area contributed by atoms with E-state index >= 15 is 0 Å². The Kier molecular flexibility index (Phi) is 4.88. The van der Waals surface area contributed by atoms with Crippen molar-refractivity contribution in [3.63, 3.8) is 0 Å². The first-order valence-corrected chi connectivity index (χ1v) is 7.35. The Morgan fingerprint density at radius 2 is 2.21 bits per heavy atom. The van der Waals surface area contributed by atoms with Gasteiger partial charge in [0.1, 0.15) is 10.8 Å². The third-order valence-electron chi connectivity index (χ3n) is 3.58. The summed E-state index contributed by atoms with van der Waals surface area (Å²) in [5.41, 5.74) is 6.61. The van der Waals surface area contributed by atoms with Crippen LogP contribution in [0, 0.1) is 5.82 Å². The van der Waals surface area contributed by atoms with Crippen molar-refractivity contribution < 1.29 is 4.39 Å². The van der Waals surface area contributed by atoms with Crippen molar-refractivity contribution in [2.75, 3.05) is 6.54 Å². The number of halogens is 1. The molecule has 1 aliphatic rings. The highest BCUT2D eigenvalue weighted by Crippen LogP contribution is 2.29. The topological polar surface area (TPSA) is 29.3 Å². The summed E-state index contributed by atoms with van der Waals surface area (Å²) in [4.78, 5) is 2.51. The summed E-state index contributed by atoms with van der Waals surface area (Å²) >= 11 is 4.88. The monoisotopic (exact) mass is 280 g/mol. The van der Waals surface area contributed by atoms with Gasteiger partial charge >= 0.3 is 0 Å². The average molecular weight is 280 g/mol. The molecule has 0 unspecified atom stereocenters. The molecule has 19 heavy (non-hydrogen) atoms. The fraction of sp³-hybridized carbons (Fsp3) is 0.533. The fourth-order valence-corrected chi connectivity index (χ4v) is 2.46. The summed E-state index contributed by atoms with van der Waals surface area (Å²) in [5, 5.41) is 0. The Balaban J connectivity index is 2.12. The second-order valence-electron chi connectivity index (χ2n) is 5.20. The van der Waals surface area contributed by atoms with Gasteiger partial charge in [-0.05, 0) is 31.9 Å². The van der Waals surface area contributed by atoms with Crippen molar-refractivity contribution >= 4 is 17.2 Å². The van der Waals surface area contributed by atoms with Crippen LogP contribution in [0.15, 0.2) is 18.2 Å². The average Bonchev–Trinajstić information content (AvgIpc) is 3.20. The van der Waals surface area contributed by atoms with Crippen molar-refractivity contribution in [3.8, 4) is 0 Å². The molecule has 2 rings (SSSR count). The van der Waals surface area contributed by atoms with E-state index in [4.69, 9.17) is 18.0 Å². The Morgan fingerprint density at radius 1 is 1.47 bits per heavy atom. The highest BCUT2D eigenvalue weighted by molar-refractivity contribution is 7.80. The van der Waals surface area contributed by atoms with Gasteiger partial charge in [0.15, 0.2) is 0 Å². The highest BCUT2D eigenvalue weighted by Gasteiger charge is 2.29. The van der Waals surface area contributed by atoms with E-state index in [0.717, 1.165) is 13.0 Å². The minimum absolute atomic E-state index is 0.130. The maximum Gasteiger partial charge on any atom is 0.137 e. The molecule has 104 valence electrons. The molecule has 1 aromatic rings. The van der Waals surface area contributed by atoms with Crippen LogP contribution < -0.4 is 5.73 Å². The first-order valence-electron chi connectivity index (χ1n) is 6.94. The zero-order chi connectivity index (χ0) is 13.8. The van der Waals surface area contributed by atoms with E-state index in [0.29, 0.717) is 23.7 Å². The molecular formula is C15H21FN2S. The predicted octanol–water partition coefficient (Wildman–Crippen LogP) is 3.22. The number of rotatable bonds is 7. The molecular weight excluding hydrogens is 259 g/mol. The van der Waals surface area contributed by atoms with Crippen LogP contribution in [0.25, 0.3) is 0 Å². The van der Waals surface area contributed by atoms with Gasteiger partial charge in [-0.3, -0.25) is 4.90 Å². The third-order valence-corrected chi connectivity index (χ3v) is 3.80.